The van der Waals surface area contributed by atoms with Crippen LogP contribution < -0.4 is 0 Å². The van der Waals surface area contributed by atoms with Gasteiger partial charge in [0.1, 0.15) is 5.01 Å². The Labute approximate surface area is 95.9 Å². The number of nitrogens with zero attached hydrogens (tertiary/aromatic N) is 1. The fraction of sp³-hybridized carbons (Fsp3) is 0.182. The second kappa shape index (κ2) is 4.24. The molecule has 1 aromatic carbocycles. The molecule has 1 nitrogen and oxygen atoms in total. The number of thiazole rings is 1. The lowest BCUT2D eigenvalue weighted by Crippen LogP contribution is -1.79. The van der Waals surface area contributed by atoms with Crippen molar-refractivity contribution in [1.82, 2.24) is 4.98 Å². The lowest BCUT2D eigenvalue weighted by Gasteiger charge is -1.96. The molecular weight excluding hydrogens is 258 g/mol. The molecule has 2 aromatic rings. The molecule has 0 fully saturated rings. The highest BCUT2D eigenvalue weighted by Crippen LogP contribution is 2.23. The highest BCUT2D eigenvalue weighted by molar-refractivity contribution is 9.08. The van der Waals surface area contributed by atoms with Crippen molar-refractivity contribution in [2.45, 2.75) is 12.3 Å². The highest BCUT2D eigenvalue weighted by Gasteiger charge is 2.02. The van der Waals surface area contributed by atoms with E-state index in [1.807, 2.05) is 0 Å². The molecule has 0 amide bonds. The van der Waals surface area contributed by atoms with Gasteiger partial charge in [-0.15, -0.1) is 11.3 Å². The van der Waals surface area contributed by atoms with Crippen LogP contribution in [-0.4, -0.2) is 4.98 Å². The lowest BCUT2D eigenvalue weighted by molar-refractivity contribution is 1.28. The van der Waals surface area contributed by atoms with E-state index in [4.69, 9.17) is 0 Å². The number of aromatic nitrogens is 1. The van der Waals surface area contributed by atoms with E-state index < -0.39 is 0 Å². The summed E-state index contributed by atoms with van der Waals surface area (Å²) in [6.07, 6.45) is 0. The van der Waals surface area contributed by atoms with E-state index in [0.29, 0.717) is 0 Å². The molecule has 0 aliphatic heterocycles. The summed E-state index contributed by atoms with van der Waals surface area (Å²) in [5.41, 5.74) is 3.55. The third kappa shape index (κ3) is 2.04. The van der Waals surface area contributed by atoms with Crippen LogP contribution in [0.4, 0.5) is 0 Å². The Kier molecular flexibility index (Phi) is 2.99. The van der Waals surface area contributed by atoms with Gasteiger partial charge in [-0.3, -0.25) is 0 Å². The zero-order valence-corrected chi connectivity index (χ0v) is 10.2. The molecule has 0 bridgehead atoms. The van der Waals surface area contributed by atoms with E-state index in [9.17, 15) is 0 Å². The normalized spacial score (nSPS) is 10.4. The minimum atomic E-state index is 0.837. The molecule has 0 aliphatic rings. The first-order valence-electron chi connectivity index (χ1n) is 4.37. The molecule has 0 saturated carbocycles. The molecular formula is C11H10BrNS. The van der Waals surface area contributed by atoms with Crippen molar-refractivity contribution < 1.29 is 0 Å². The van der Waals surface area contributed by atoms with Crippen molar-refractivity contribution in [2.24, 2.45) is 0 Å². The minimum absolute atomic E-state index is 0.837. The fourth-order valence-corrected chi connectivity index (χ4v) is 2.40. The zero-order valence-electron chi connectivity index (χ0n) is 7.83. The molecule has 72 valence electrons. The molecule has 0 unspecified atom stereocenters. The van der Waals surface area contributed by atoms with E-state index in [-0.39, 0.29) is 0 Å². The number of hydrogen-bond donors (Lipinski definition) is 0. The first-order chi connectivity index (χ1) is 6.79. The summed E-state index contributed by atoms with van der Waals surface area (Å²) in [6, 6.07) is 8.45. The maximum Gasteiger partial charge on any atom is 0.104 e. The number of benzene rings is 1. The molecule has 0 spiro atoms. The van der Waals surface area contributed by atoms with Gasteiger partial charge in [0.05, 0.1) is 11.0 Å². The van der Waals surface area contributed by atoms with E-state index in [2.05, 4.69) is 57.5 Å². The van der Waals surface area contributed by atoms with Crippen molar-refractivity contribution >= 4 is 27.3 Å². The third-order valence-electron chi connectivity index (χ3n) is 2.01. The van der Waals surface area contributed by atoms with Crippen molar-refractivity contribution in [3.8, 4) is 11.3 Å². The first kappa shape index (κ1) is 9.87. The predicted octanol–water partition coefficient (Wildman–Crippen LogP) is 4.01. The standard InChI is InChI=1S/C11H10BrNS/c1-8-2-4-9(5-3-8)10-7-14-11(6-12)13-10/h2-5,7H,6H2,1H3. The molecule has 3 heteroatoms. The SMILES string of the molecule is Cc1ccc(-c2csc(CBr)n2)cc1. The molecule has 1 aromatic heterocycles. The number of hydrogen-bond acceptors (Lipinski definition) is 2. The van der Waals surface area contributed by atoms with E-state index in [1.54, 1.807) is 11.3 Å². The number of halogens is 1. The average molecular weight is 268 g/mol. The van der Waals surface area contributed by atoms with Crippen LogP contribution >= 0.6 is 27.3 Å². The minimum Gasteiger partial charge on any atom is -0.240 e. The van der Waals surface area contributed by atoms with Gasteiger partial charge in [-0.2, -0.15) is 0 Å². The van der Waals surface area contributed by atoms with Crippen LogP contribution in [0.2, 0.25) is 0 Å². The highest BCUT2D eigenvalue weighted by atomic mass is 79.9. The summed E-state index contributed by atoms with van der Waals surface area (Å²) in [4.78, 5) is 4.50. The second-order valence-electron chi connectivity index (χ2n) is 3.13. The zero-order chi connectivity index (χ0) is 9.97. The summed E-state index contributed by atoms with van der Waals surface area (Å²) in [6.45, 7) is 2.09. The Morgan fingerprint density at radius 1 is 1.29 bits per heavy atom. The van der Waals surface area contributed by atoms with E-state index in [1.165, 1.54) is 11.1 Å². The maximum absolute atomic E-state index is 4.50. The quantitative estimate of drug-likeness (QED) is 0.750. The van der Waals surface area contributed by atoms with Crippen LogP contribution in [0, 0.1) is 6.92 Å². The second-order valence-corrected chi connectivity index (χ2v) is 4.63. The molecule has 0 atom stereocenters. The fourth-order valence-electron chi connectivity index (χ4n) is 1.23. The van der Waals surface area contributed by atoms with Crippen LogP contribution in [0.15, 0.2) is 29.6 Å². The number of rotatable bonds is 2. The molecule has 0 radical (unpaired) electrons. The molecule has 14 heavy (non-hydrogen) atoms. The predicted molar refractivity (Wildman–Crippen MR) is 64.9 cm³/mol. The first-order valence-corrected chi connectivity index (χ1v) is 6.37. The van der Waals surface area contributed by atoms with Gasteiger partial charge >= 0.3 is 0 Å². The molecule has 0 N–H and O–H groups in total. The lowest BCUT2D eigenvalue weighted by atomic mass is 10.1. The number of aryl methyl sites for hydroxylation is 1. The topological polar surface area (TPSA) is 12.9 Å². The summed E-state index contributed by atoms with van der Waals surface area (Å²) >= 11 is 5.09. The van der Waals surface area contributed by atoms with E-state index >= 15 is 0 Å². The third-order valence-corrected chi connectivity index (χ3v) is 3.76. The van der Waals surface area contributed by atoms with Gasteiger partial charge in [0.25, 0.3) is 0 Å². The number of alkyl halides is 1. The van der Waals surface area contributed by atoms with Crippen molar-refractivity contribution in [3.05, 3.63) is 40.2 Å². The van der Waals surface area contributed by atoms with Crippen LogP contribution in [0.3, 0.4) is 0 Å². The van der Waals surface area contributed by atoms with E-state index in [0.717, 1.165) is 16.0 Å². The van der Waals surface area contributed by atoms with Gasteiger partial charge in [0.2, 0.25) is 0 Å². The Morgan fingerprint density at radius 2 is 2.00 bits per heavy atom. The maximum atomic E-state index is 4.50. The Bertz CT molecular complexity index is 419. The van der Waals surface area contributed by atoms with Gasteiger partial charge in [-0.1, -0.05) is 45.8 Å². The molecule has 1 heterocycles. The summed E-state index contributed by atoms with van der Waals surface area (Å²) in [7, 11) is 0. The summed E-state index contributed by atoms with van der Waals surface area (Å²) in [5.74, 6) is 0. The van der Waals surface area contributed by atoms with Gasteiger partial charge in [0.15, 0.2) is 0 Å². The Hall–Kier alpha value is -0.670. The van der Waals surface area contributed by atoms with Crippen LogP contribution in [0.5, 0.6) is 0 Å². The van der Waals surface area contributed by atoms with Gasteiger partial charge in [-0.25, -0.2) is 4.98 Å². The van der Waals surface area contributed by atoms with Crippen LogP contribution in [0.1, 0.15) is 10.6 Å². The van der Waals surface area contributed by atoms with Crippen LogP contribution in [0.25, 0.3) is 11.3 Å². The summed E-state index contributed by atoms with van der Waals surface area (Å²) < 4.78 is 0. The van der Waals surface area contributed by atoms with Gasteiger partial charge in [-0.05, 0) is 6.92 Å². The Balaban J connectivity index is 2.34. The van der Waals surface area contributed by atoms with Gasteiger partial charge in [0, 0.05) is 10.9 Å². The smallest absolute Gasteiger partial charge is 0.104 e. The van der Waals surface area contributed by atoms with Crippen molar-refractivity contribution in [1.29, 1.82) is 0 Å². The molecule has 0 aliphatic carbocycles. The largest absolute Gasteiger partial charge is 0.240 e. The monoisotopic (exact) mass is 267 g/mol. The van der Waals surface area contributed by atoms with Crippen LogP contribution in [-0.2, 0) is 5.33 Å². The molecule has 0 saturated heterocycles. The Morgan fingerprint density at radius 3 is 2.57 bits per heavy atom. The van der Waals surface area contributed by atoms with Crippen molar-refractivity contribution in [2.75, 3.05) is 0 Å². The molecule has 2 rings (SSSR count). The van der Waals surface area contributed by atoms with Crippen molar-refractivity contribution in [3.63, 3.8) is 0 Å². The average Bonchev–Trinajstić information content (AvgIpc) is 2.67. The summed E-state index contributed by atoms with van der Waals surface area (Å²) in [5, 5.41) is 4.06. The van der Waals surface area contributed by atoms with Gasteiger partial charge < -0.3 is 0 Å².